The summed E-state index contributed by atoms with van der Waals surface area (Å²) in [7, 11) is 4.64. The Kier molecular flexibility index (Phi) is 3.68. The van der Waals surface area contributed by atoms with Crippen molar-refractivity contribution in [3.63, 3.8) is 0 Å². The molecule has 1 saturated heterocycles. The lowest BCUT2D eigenvalue weighted by Gasteiger charge is -2.23. The van der Waals surface area contributed by atoms with Gasteiger partial charge in [0, 0.05) is 21.3 Å². The van der Waals surface area contributed by atoms with Crippen molar-refractivity contribution < 1.29 is 19.4 Å². The lowest BCUT2D eigenvalue weighted by molar-refractivity contribution is -0.0560. The van der Waals surface area contributed by atoms with Gasteiger partial charge in [0.1, 0.15) is 12.8 Å². The van der Waals surface area contributed by atoms with Crippen LogP contribution in [0, 0.1) is 0 Å². The molecule has 0 radical (unpaired) electrons. The quantitative estimate of drug-likeness (QED) is 0.657. The number of likely N-dealkylation sites (N-methyl/N-ethyl adjacent to an activating group) is 1. The molecule has 0 bridgehead atoms. The molecule has 2 amide bonds. The highest BCUT2D eigenvalue weighted by molar-refractivity contribution is 5.77. The fourth-order valence-corrected chi connectivity index (χ4v) is 1.62. The van der Waals surface area contributed by atoms with Crippen LogP contribution in [0.2, 0.25) is 0 Å². The molecule has 82 valence electrons. The summed E-state index contributed by atoms with van der Waals surface area (Å²) in [5.74, 6) is 0. The van der Waals surface area contributed by atoms with Gasteiger partial charge in [-0.15, -0.1) is 0 Å². The van der Waals surface area contributed by atoms with E-state index in [1.807, 2.05) is 0 Å². The normalized spacial score (nSPS) is 27.6. The van der Waals surface area contributed by atoms with Gasteiger partial charge in [-0.3, -0.25) is 4.90 Å². The molecule has 1 aliphatic rings. The molecule has 0 saturated carbocycles. The van der Waals surface area contributed by atoms with Crippen molar-refractivity contribution in [3.8, 4) is 0 Å². The minimum absolute atomic E-state index is 0.124. The highest BCUT2D eigenvalue weighted by Gasteiger charge is 2.43. The van der Waals surface area contributed by atoms with E-state index in [1.165, 1.54) is 24.0 Å². The minimum atomic E-state index is -0.447. The fourth-order valence-electron chi connectivity index (χ4n) is 1.62. The zero-order chi connectivity index (χ0) is 10.7. The number of methoxy groups -OCH3 is 2. The molecule has 1 rings (SSSR count). The van der Waals surface area contributed by atoms with Crippen molar-refractivity contribution in [3.05, 3.63) is 0 Å². The third-order valence-electron chi connectivity index (χ3n) is 2.38. The Bertz CT molecular complexity index is 212. The third-order valence-corrected chi connectivity index (χ3v) is 2.38. The number of hydrogen-bond acceptors (Lipinski definition) is 4. The first-order valence-corrected chi connectivity index (χ1v) is 4.33. The molecule has 0 aromatic heterocycles. The Morgan fingerprint density at radius 2 is 2.14 bits per heavy atom. The summed E-state index contributed by atoms with van der Waals surface area (Å²) in [6, 6.07) is -0.527. The molecule has 1 aliphatic heterocycles. The van der Waals surface area contributed by atoms with Gasteiger partial charge in [0.15, 0.2) is 6.23 Å². The van der Waals surface area contributed by atoms with E-state index in [0.29, 0.717) is 0 Å². The van der Waals surface area contributed by atoms with Crippen molar-refractivity contribution in [1.29, 1.82) is 0 Å². The van der Waals surface area contributed by atoms with Crippen molar-refractivity contribution in [2.24, 2.45) is 0 Å². The Morgan fingerprint density at radius 3 is 2.57 bits per heavy atom. The minimum Gasteiger partial charge on any atom is -0.394 e. The molecule has 14 heavy (non-hydrogen) atoms. The van der Waals surface area contributed by atoms with E-state index >= 15 is 0 Å². The molecular formula is C8H16N2O4. The summed E-state index contributed by atoms with van der Waals surface area (Å²) in [5.41, 5.74) is 0. The van der Waals surface area contributed by atoms with Gasteiger partial charge in [-0.25, -0.2) is 4.79 Å². The molecular weight excluding hydrogens is 188 g/mol. The number of aliphatic hydroxyl groups is 1. The van der Waals surface area contributed by atoms with Crippen LogP contribution in [-0.2, 0) is 9.47 Å². The largest absolute Gasteiger partial charge is 0.394 e. The molecule has 1 N–H and O–H groups in total. The summed E-state index contributed by atoms with van der Waals surface area (Å²) < 4.78 is 10.0. The van der Waals surface area contributed by atoms with Crippen LogP contribution in [0.5, 0.6) is 0 Å². The van der Waals surface area contributed by atoms with Crippen LogP contribution in [0.25, 0.3) is 0 Å². The van der Waals surface area contributed by atoms with Crippen LogP contribution in [0.4, 0.5) is 4.79 Å². The maximum absolute atomic E-state index is 11.6. The maximum atomic E-state index is 11.6. The first kappa shape index (κ1) is 11.2. The number of hydrogen-bond donors (Lipinski definition) is 1. The van der Waals surface area contributed by atoms with Gasteiger partial charge in [-0.1, -0.05) is 0 Å². The summed E-state index contributed by atoms with van der Waals surface area (Å²) in [4.78, 5) is 14.5. The molecule has 2 unspecified atom stereocenters. The van der Waals surface area contributed by atoms with Crippen LogP contribution >= 0.6 is 0 Å². The molecule has 2 atom stereocenters. The van der Waals surface area contributed by atoms with Crippen LogP contribution in [0.1, 0.15) is 0 Å². The molecule has 6 nitrogen and oxygen atoms in total. The van der Waals surface area contributed by atoms with Crippen LogP contribution in [-0.4, -0.2) is 67.8 Å². The second kappa shape index (κ2) is 4.59. The summed E-state index contributed by atoms with van der Waals surface area (Å²) in [5, 5.41) is 9.10. The second-order valence-corrected chi connectivity index (χ2v) is 3.16. The Morgan fingerprint density at radius 1 is 1.50 bits per heavy atom. The van der Waals surface area contributed by atoms with Crippen molar-refractivity contribution in [1.82, 2.24) is 9.80 Å². The van der Waals surface area contributed by atoms with Crippen LogP contribution in [0.3, 0.4) is 0 Å². The number of urea groups is 1. The van der Waals surface area contributed by atoms with Gasteiger partial charge in [0.05, 0.1) is 6.61 Å². The fraction of sp³-hybridized carbons (Fsp3) is 0.875. The topological polar surface area (TPSA) is 62.2 Å². The van der Waals surface area contributed by atoms with E-state index in [1.54, 1.807) is 7.05 Å². The Labute approximate surface area is 83.0 Å². The van der Waals surface area contributed by atoms with E-state index in [4.69, 9.17) is 14.6 Å². The lowest BCUT2D eigenvalue weighted by Crippen LogP contribution is -2.41. The molecule has 0 aromatic carbocycles. The van der Waals surface area contributed by atoms with Gasteiger partial charge in [0.25, 0.3) is 0 Å². The van der Waals surface area contributed by atoms with Gasteiger partial charge in [-0.2, -0.15) is 0 Å². The summed E-state index contributed by atoms with van der Waals surface area (Å²) >= 11 is 0. The zero-order valence-corrected chi connectivity index (χ0v) is 8.64. The van der Waals surface area contributed by atoms with E-state index in [0.717, 1.165) is 0 Å². The second-order valence-electron chi connectivity index (χ2n) is 3.16. The molecule has 6 heteroatoms. The highest BCUT2D eigenvalue weighted by Crippen LogP contribution is 2.21. The maximum Gasteiger partial charge on any atom is 0.324 e. The number of carbonyl (C=O) groups is 1. The number of ether oxygens (including phenoxy) is 2. The number of carbonyl (C=O) groups excluding carboxylic acids is 1. The number of rotatable bonds is 4. The average Bonchev–Trinajstić information content (AvgIpc) is 2.42. The van der Waals surface area contributed by atoms with Crippen LogP contribution in [0.15, 0.2) is 0 Å². The molecule has 0 aliphatic carbocycles. The molecule has 0 aromatic rings. The molecule has 1 heterocycles. The first-order valence-electron chi connectivity index (χ1n) is 4.33. The van der Waals surface area contributed by atoms with Crippen molar-refractivity contribution in [2.45, 2.75) is 12.3 Å². The molecule has 1 fully saturated rings. The summed E-state index contributed by atoms with van der Waals surface area (Å²) in [6.45, 7) is 0.0408. The van der Waals surface area contributed by atoms with E-state index in [2.05, 4.69) is 0 Å². The van der Waals surface area contributed by atoms with Gasteiger partial charge < -0.3 is 19.5 Å². The first-order chi connectivity index (χ1) is 6.67. The van der Waals surface area contributed by atoms with Crippen molar-refractivity contribution in [2.75, 3.05) is 34.6 Å². The van der Waals surface area contributed by atoms with E-state index in [-0.39, 0.29) is 25.4 Å². The number of aliphatic hydroxyl groups excluding tert-OH is 1. The standard InChI is InChI=1S/C8H16N2O4/c1-9-6(4-11)7(14-3)10(5-13-2)8(9)12/h6-7,11H,4-5H2,1-3H3. The SMILES string of the molecule is COCN1C(=O)N(C)C(CO)C1OC. The molecule has 0 spiro atoms. The highest BCUT2D eigenvalue weighted by atomic mass is 16.5. The van der Waals surface area contributed by atoms with E-state index in [9.17, 15) is 4.79 Å². The average molecular weight is 204 g/mol. The summed E-state index contributed by atoms with van der Waals surface area (Å²) in [6.07, 6.45) is -0.447. The van der Waals surface area contributed by atoms with Crippen molar-refractivity contribution >= 4 is 6.03 Å². The van der Waals surface area contributed by atoms with E-state index < -0.39 is 6.23 Å². The monoisotopic (exact) mass is 204 g/mol. The van der Waals surface area contributed by atoms with Gasteiger partial charge in [0.2, 0.25) is 0 Å². The Balaban J connectivity index is 2.79. The zero-order valence-electron chi connectivity index (χ0n) is 8.64. The predicted octanol–water partition coefficient (Wildman–Crippen LogP) is -0.709. The number of amides is 2. The number of nitrogens with zero attached hydrogens (tertiary/aromatic N) is 2. The van der Waals surface area contributed by atoms with Crippen LogP contribution < -0.4 is 0 Å². The lowest BCUT2D eigenvalue weighted by atomic mass is 10.3. The Hall–Kier alpha value is -0.850. The third kappa shape index (κ3) is 1.68. The van der Waals surface area contributed by atoms with Gasteiger partial charge >= 0.3 is 6.03 Å². The van der Waals surface area contributed by atoms with Gasteiger partial charge in [-0.05, 0) is 0 Å². The predicted molar refractivity (Wildman–Crippen MR) is 48.5 cm³/mol. The smallest absolute Gasteiger partial charge is 0.324 e.